The number of carboxylic acids is 1. The van der Waals surface area contributed by atoms with E-state index in [1.54, 1.807) is 0 Å². The molecular weight excluding hydrogens is 344 g/mol. The molecule has 0 aliphatic rings. The molecule has 6 heteroatoms. The van der Waals surface area contributed by atoms with Crippen LogP contribution in [0.25, 0.3) is 0 Å². The summed E-state index contributed by atoms with van der Waals surface area (Å²) in [5.74, 6) is -1.73. The van der Waals surface area contributed by atoms with Crippen molar-refractivity contribution >= 4 is 17.8 Å². The SMILES string of the molecule is CCCCCCCCCCCCCCCC(=O)NCC(=O)NC(C)C(=O)O. The average molecular weight is 385 g/mol. The molecule has 0 aliphatic carbocycles. The summed E-state index contributed by atoms with van der Waals surface area (Å²) >= 11 is 0. The van der Waals surface area contributed by atoms with Crippen LogP contribution in [-0.2, 0) is 14.4 Å². The summed E-state index contributed by atoms with van der Waals surface area (Å²) in [4.78, 5) is 33.7. The maximum atomic E-state index is 11.7. The smallest absolute Gasteiger partial charge is 0.325 e. The number of carbonyl (C=O) groups excluding carboxylic acids is 2. The van der Waals surface area contributed by atoms with Gasteiger partial charge in [0.1, 0.15) is 6.04 Å². The third-order valence-electron chi connectivity index (χ3n) is 4.70. The first-order valence-electron chi connectivity index (χ1n) is 10.8. The van der Waals surface area contributed by atoms with Crippen LogP contribution >= 0.6 is 0 Å². The van der Waals surface area contributed by atoms with Gasteiger partial charge in [-0.05, 0) is 13.3 Å². The number of carbonyl (C=O) groups is 3. The molecule has 0 saturated carbocycles. The summed E-state index contributed by atoms with van der Waals surface area (Å²) in [6.45, 7) is 3.46. The van der Waals surface area contributed by atoms with Crippen molar-refractivity contribution in [1.29, 1.82) is 0 Å². The predicted octanol–water partition coefficient (Wildman–Crippen LogP) is 4.17. The fourth-order valence-electron chi connectivity index (χ4n) is 2.92. The quantitative estimate of drug-likeness (QED) is 0.309. The normalized spacial score (nSPS) is 11.8. The van der Waals surface area contributed by atoms with E-state index in [0.717, 1.165) is 19.3 Å². The molecular formula is C21H40N2O4. The molecule has 158 valence electrons. The van der Waals surface area contributed by atoms with Crippen molar-refractivity contribution in [2.45, 2.75) is 110 Å². The first-order valence-corrected chi connectivity index (χ1v) is 10.8. The largest absolute Gasteiger partial charge is 0.480 e. The fourth-order valence-corrected chi connectivity index (χ4v) is 2.92. The Kier molecular flexibility index (Phi) is 16.8. The molecule has 0 spiro atoms. The molecule has 0 aliphatic heterocycles. The number of rotatable bonds is 18. The van der Waals surface area contributed by atoms with E-state index in [2.05, 4.69) is 17.6 Å². The monoisotopic (exact) mass is 384 g/mol. The lowest BCUT2D eigenvalue weighted by Crippen LogP contribution is -2.43. The van der Waals surface area contributed by atoms with Gasteiger partial charge in [-0.1, -0.05) is 84.0 Å². The molecule has 0 radical (unpaired) electrons. The van der Waals surface area contributed by atoms with Gasteiger partial charge in [-0.15, -0.1) is 0 Å². The van der Waals surface area contributed by atoms with Crippen LogP contribution in [0.4, 0.5) is 0 Å². The summed E-state index contributed by atoms with van der Waals surface area (Å²) in [6.07, 6.45) is 16.8. The van der Waals surface area contributed by atoms with Gasteiger partial charge in [-0.25, -0.2) is 0 Å². The van der Waals surface area contributed by atoms with Crippen LogP contribution in [0, 0.1) is 0 Å². The molecule has 0 heterocycles. The maximum absolute atomic E-state index is 11.7. The van der Waals surface area contributed by atoms with E-state index in [4.69, 9.17) is 5.11 Å². The molecule has 0 bridgehead atoms. The lowest BCUT2D eigenvalue weighted by molar-refractivity contribution is -0.141. The van der Waals surface area contributed by atoms with Crippen molar-refractivity contribution in [1.82, 2.24) is 10.6 Å². The van der Waals surface area contributed by atoms with Crippen LogP contribution < -0.4 is 10.6 Å². The van der Waals surface area contributed by atoms with E-state index in [-0.39, 0.29) is 12.5 Å². The number of aliphatic carboxylic acids is 1. The molecule has 0 rings (SSSR count). The lowest BCUT2D eigenvalue weighted by Gasteiger charge is -2.10. The highest BCUT2D eigenvalue weighted by Crippen LogP contribution is 2.12. The second-order valence-electron chi connectivity index (χ2n) is 7.40. The van der Waals surface area contributed by atoms with E-state index in [1.807, 2.05) is 0 Å². The number of nitrogens with one attached hydrogen (secondary N) is 2. The number of hydrogen-bond acceptors (Lipinski definition) is 3. The van der Waals surface area contributed by atoms with Crippen LogP contribution in [-0.4, -0.2) is 35.5 Å². The zero-order valence-corrected chi connectivity index (χ0v) is 17.4. The van der Waals surface area contributed by atoms with E-state index in [0.29, 0.717) is 6.42 Å². The van der Waals surface area contributed by atoms with Crippen molar-refractivity contribution in [3.05, 3.63) is 0 Å². The number of carboxylic acid groups (broad SMARTS) is 1. The second kappa shape index (κ2) is 17.8. The first kappa shape index (κ1) is 25.4. The Hall–Kier alpha value is -1.59. The standard InChI is InChI=1S/C21H40N2O4/c1-3-4-5-6-7-8-9-10-11-12-13-14-15-16-19(24)22-17-20(25)23-18(2)21(26)27/h18H,3-17H2,1-2H3,(H,22,24)(H,23,25)(H,26,27). The summed E-state index contributed by atoms with van der Waals surface area (Å²) < 4.78 is 0. The van der Waals surface area contributed by atoms with Gasteiger partial charge < -0.3 is 15.7 Å². The zero-order valence-electron chi connectivity index (χ0n) is 17.4. The minimum absolute atomic E-state index is 0.156. The van der Waals surface area contributed by atoms with Crippen molar-refractivity contribution in [3.8, 4) is 0 Å². The number of unbranched alkanes of at least 4 members (excludes halogenated alkanes) is 12. The van der Waals surface area contributed by atoms with Crippen LogP contribution in [0.5, 0.6) is 0 Å². The summed E-state index contributed by atoms with van der Waals surface area (Å²) in [5.41, 5.74) is 0. The molecule has 6 nitrogen and oxygen atoms in total. The highest BCUT2D eigenvalue weighted by molar-refractivity contribution is 5.87. The third kappa shape index (κ3) is 17.6. The van der Waals surface area contributed by atoms with E-state index >= 15 is 0 Å². The van der Waals surface area contributed by atoms with Crippen LogP contribution in [0.15, 0.2) is 0 Å². The second-order valence-corrected chi connectivity index (χ2v) is 7.40. The van der Waals surface area contributed by atoms with Gasteiger partial charge in [0.05, 0.1) is 6.54 Å². The van der Waals surface area contributed by atoms with Crippen molar-refractivity contribution in [3.63, 3.8) is 0 Å². The van der Waals surface area contributed by atoms with Gasteiger partial charge in [0, 0.05) is 6.42 Å². The predicted molar refractivity (Wildman–Crippen MR) is 109 cm³/mol. The molecule has 0 fully saturated rings. The molecule has 0 aromatic heterocycles. The Bertz CT molecular complexity index is 413. The summed E-state index contributed by atoms with van der Waals surface area (Å²) in [7, 11) is 0. The average Bonchev–Trinajstić information content (AvgIpc) is 2.63. The van der Waals surface area contributed by atoms with Crippen molar-refractivity contribution < 1.29 is 19.5 Å². The van der Waals surface area contributed by atoms with Crippen molar-refractivity contribution in [2.24, 2.45) is 0 Å². The third-order valence-corrected chi connectivity index (χ3v) is 4.70. The zero-order chi connectivity index (χ0) is 20.3. The minimum Gasteiger partial charge on any atom is -0.480 e. The lowest BCUT2D eigenvalue weighted by atomic mass is 10.0. The Morgan fingerprint density at radius 2 is 1.19 bits per heavy atom. The minimum atomic E-state index is -1.10. The molecule has 2 amide bonds. The fraction of sp³-hybridized carbons (Fsp3) is 0.857. The highest BCUT2D eigenvalue weighted by Gasteiger charge is 2.14. The molecule has 27 heavy (non-hydrogen) atoms. The Balaban J connectivity index is 3.36. The first-order chi connectivity index (χ1) is 13.0. The van der Waals surface area contributed by atoms with Crippen LogP contribution in [0.1, 0.15) is 104 Å². The van der Waals surface area contributed by atoms with Gasteiger partial charge in [0.25, 0.3) is 0 Å². The van der Waals surface area contributed by atoms with E-state index in [1.165, 1.54) is 71.1 Å². The molecule has 3 N–H and O–H groups in total. The van der Waals surface area contributed by atoms with E-state index in [9.17, 15) is 14.4 Å². The summed E-state index contributed by atoms with van der Waals surface area (Å²) in [5, 5.41) is 13.5. The molecule has 1 unspecified atom stereocenters. The van der Waals surface area contributed by atoms with Gasteiger partial charge in [0.2, 0.25) is 11.8 Å². The number of hydrogen-bond donors (Lipinski definition) is 3. The van der Waals surface area contributed by atoms with Gasteiger partial charge in [-0.2, -0.15) is 0 Å². The summed E-state index contributed by atoms with van der Waals surface area (Å²) in [6, 6.07) is -0.949. The highest BCUT2D eigenvalue weighted by atomic mass is 16.4. The molecule has 0 saturated heterocycles. The Labute approximate surface area is 164 Å². The van der Waals surface area contributed by atoms with Crippen LogP contribution in [0.3, 0.4) is 0 Å². The van der Waals surface area contributed by atoms with Crippen molar-refractivity contribution in [2.75, 3.05) is 6.54 Å². The van der Waals surface area contributed by atoms with Gasteiger partial charge in [-0.3, -0.25) is 14.4 Å². The topological polar surface area (TPSA) is 95.5 Å². The molecule has 0 aromatic rings. The molecule has 0 aromatic carbocycles. The Morgan fingerprint density at radius 1 is 0.741 bits per heavy atom. The molecule has 1 atom stereocenters. The van der Waals surface area contributed by atoms with Gasteiger partial charge >= 0.3 is 5.97 Å². The maximum Gasteiger partial charge on any atom is 0.325 e. The number of amides is 2. The van der Waals surface area contributed by atoms with Crippen LogP contribution in [0.2, 0.25) is 0 Å². The van der Waals surface area contributed by atoms with E-state index < -0.39 is 17.9 Å². The Morgan fingerprint density at radius 3 is 1.63 bits per heavy atom. The van der Waals surface area contributed by atoms with Gasteiger partial charge in [0.15, 0.2) is 0 Å².